The summed E-state index contributed by atoms with van der Waals surface area (Å²) < 4.78 is 13.1. The fourth-order valence-corrected chi connectivity index (χ4v) is 4.59. The van der Waals surface area contributed by atoms with Crippen molar-refractivity contribution in [1.29, 1.82) is 0 Å². The van der Waals surface area contributed by atoms with Crippen molar-refractivity contribution in [3.8, 4) is 17.3 Å². The Labute approximate surface area is 237 Å². The van der Waals surface area contributed by atoms with Crippen molar-refractivity contribution < 1.29 is 9.15 Å². The number of fused-ring (bicyclic) bond motifs is 2. The van der Waals surface area contributed by atoms with Crippen LogP contribution in [0.15, 0.2) is 105 Å². The molecule has 2 heterocycles. The van der Waals surface area contributed by atoms with Crippen molar-refractivity contribution in [2.24, 2.45) is 5.10 Å². The Morgan fingerprint density at radius 3 is 2.54 bits per heavy atom. The van der Waals surface area contributed by atoms with Crippen LogP contribution >= 0.6 is 34.8 Å². The second kappa shape index (κ2) is 10.6. The van der Waals surface area contributed by atoms with Crippen LogP contribution in [0, 0.1) is 0 Å². The molecule has 0 N–H and O–H groups in total. The summed E-state index contributed by atoms with van der Waals surface area (Å²) in [5.41, 5.74) is 2.53. The van der Waals surface area contributed by atoms with Crippen LogP contribution in [0.25, 0.3) is 33.5 Å². The number of aromatic nitrogens is 2. The van der Waals surface area contributed by atoms with Gasteiger partial charge in [0.1, 0.15) is 17.9 Å². The predicted molar refractivity (Wildman–Crippen MR) is 156 cm³/mol. The number of ether oxygens (including phenoxy) is 1. The lowest BCUT2D eigenvalue weighted by Crippen LogP contribution is -2.20. The van der Waals surface area contributed by atoms with E-state index in [2.05, 4.69) is 5.10 Å². The first kappa shape index (κ1) is 25.2. The van der Waals surface area contributed by atoms with Gasteiger partial charge >= 0.3 is 0 Å². The van der Waals surface area contributed by atoms with Crippen molar-refractivity contribution in [2.45, 2.75) is 6.61 Å². The van der Waals surface area contributed by atoms with Crippen LogP contribution in [0.3, 0.4) is 0 Å². The Hall–Kier alpha value is -4.10. The lowest BCUT2D eigenvalue weighted by atomic mass is 10.2. The molecule has 0 aliphatic rings. The van der Waals surface area contributed by atoms with E-state index in [0.29, 0.717) is 49.7 Å². The van der Waals surface area contributed by atoms with Crippen molar-refractivity contribution >= 4 is 62.9 Å². The molecule has 0 spiro atoms. The number of para-hydroxylation sites is 1. The number of hydrogen-bond acceptors (Lipinski definition) is 5. The molecular weight excluding hydrogens is 557 g/mol. The average Bonchev–Trinajstić information content (AvgIpc) is 3.37. The van der Waals surface area contributed by atoms with E-state index in [-0.39, 0.29) is 11.4 Å². The maximum atomic E-state index is 13.4. The van der Waals surface area contributed by atoms with E-state index < -0.39 is 0 Å². The lowest BCUT2D eigenvalue weighted by molar-refractivity contribution is 0.306. The molecule has 0 radical (unpaired) electrons. The Morgan fingerprint density at radius 1 is 0.897 bits per heavy atom. The maximum Gasteiger partial charge on any atom is 0.282 e. The lowest BCUT2D eigenvalue weighted by Gasteiger charge is -2.08. The molecule has 9 heteroatoms. The highest BCUT2D eigenvalue weighted by atomic mass is 35.5. The molecule has 0 aliphatic heterocycles. The second-order valence-electron chi connectivity index (χ2n) is 8.71. The van der Waals surface area contributed by atoms with Gasteiger partial charge < -0.3 is 9.15 Å². The predicted octanol–water partition coefficient (Wildman–Crippen LogP) is 8.23. The van der Waals surface area contributed by atoms with Gasteiger partial charge in [-0.2, -0.15) is 9.78 Å². The molecule has 6 rings (SSSR count). The Kier molecular flexibility index (Phi) is 6.83. The SMILES string of the molecule is O=c1c2ccccc2nc(-c2cc3cc(Cl)ccc3o2)n1N=Cc1ccc(OCc2ccc(Cl)c(Cl)c2)cc1. The summed E-state index contributed by atoms with van der Waals surface area (Å²) in [6.45, 7) is 0.342. The Morgan fingerprint density at radius 2 is 1.72 bits per heavy atom. The van der Waals surface area contributed by atoms with E-state index >= 15 is 0 Å². The molecule has 0 fully saturated rings. The van der Waals surface area contributed by atoms with Gasteiger partial charge in [0, 0.05) is 10.4 Å². The first-order chi connectivity index (χ1) is 18.9. The van der Waals surface area contributed by atoms with Crippen LogP contribution in [-0.2, 0) is 6.61 Å². The molecule has 2 aromatic heterocycles. The van der Waals surface area contributed by atoms with Crippen molar-refractivity contribution in [1.82, 2.24) is 9.66 Å². The minimum absolute atomic E-state index is 0.281. The van der Waals surface area contributed by atoms with Crippen LogP contribution in [0.1, 0.15) is 11.1 Å². The van der Waals surface area contributed by atoms with Gasteiger partial charge in [-0.3, -0.25) is 4.79 Å². The van der Waals surface area contributed by atoms with E-state index in [1.165, 1.54) is 4.68 Å². The summed E-state index contributed by atoms with van der Waals surface area (Å²) in [5, 5.41) is 7.30. The van der Waals surface area contributed by atoms with Crippen LogP contribution < -0.4 is 10.3 Å². The molecule has 0 unspecified atom stereocenters. The number of rotatable bonds is 6. The van der Waals surface area contributed by atoms with E-state index in [1.807, 2.05) is 36.4 Å². The maximum absolute atomic E-state index is 13.4. The zero-order valence-corrected chi connectivity index (χ0v) is 22.4. The fraction of sp³-hybridized carbons (Fsp3) is 0.0333. The fourth-order valence-electron chi connectivity index (χ4n) is 4.09. The zero-order chi connectivity index (χ0) is 26.9. The highest BCUT2D eigenvalue weighted by Crippen LogP contribution is 2.29. The first-order valence-electron chi connectivity index (χ1n) is 11.9. The van der Waals surface area contributed by atoms with E-state index in [4.69, 9.17) is 48.9 Å². The largest absolute Gasteiger partial charge is 0.489 e. The number of hydrogen-bond donors (Lipinski definition) is 0. The summed E-state index contributed by atoms with van der Waals surface area (Å²) in [6.07, 6.45) is 1.59. The molecule has 192 valence electrons. The van der Waals surface area contributed by atoms with Gasteiger partial charge in [0.05, 0.1) is 27.2 Å². The quantitative estimate of drug-likeness (QED) is 0.188. The number of halogens is 3. The summed E-state index contributed by atoms with van der Waals surface area (Å²) in [7, 11) is 0. The molecule has 0 bridgehead atoms. The summed E-state index contributed by atoms with van der Waals surface area (Å²) in [5.74, 6) is 1.35. The van der Waals surface area contributed by atoms with Crippen LogP contribution in [0.2, 0.25) is 15.1 Å². The minimum atomic E-state index is -0.313. The average molecular weight is 575 g/mol. The molecule has 0 amide bonds. The minimum Gasteiger partial charge on any atom is -0.489 e. The van der Waals surface area contributed by atoms with Crippen molar-refractivity contribution in [3.63, 3.8) is 0 Å². The van der Waals surface area contributed by atoms with Crippen LogP contribution in [0.4, 0.5) is 0 Å². The van der Waals surface area contributed by atoms with E-state index in [1.54, 1.807) is 60.8 Å². The van der Waals surface area contributed by atoms with Gasteiger partial charge in [0.2, 0.25) is 5.82 Å². The third-order valence-electron chi connectivity index (χ3n) is 6.04. The van der Waals surface area contributed by atoms with Crippen molar-refractivity contribution in [3.05, 3.63) is 128 Å². The summed E-state index contributed by atoms with van der Waals surface area (Å²) in [6, 6.07) is 26.9. The highest BCUT2D eigenvalue weighted by Gasteiger charge is 2.16. The highest BCUT2D eigenvalue weighted by molar-refractivity contribution is 6.42. The Balaban J connectivity index is 1.31. The van der Waals surface area contributed by atoms with Gasteiger partial charge in [0.25, 0.3) is 5.56 Å². The zero-order valence-electron chi connectivity index (χ0n) is 20.1. The van der Waals surface area contributed by atoms with Gasteiger partial charge in [-0.1, -0.05) is 53.0 Å². The van der Waals surface area contributed by atoms with Gasteiger partial charge in [0.15, 0.2) is 5.76 Å². The Bertz CT molecular complexity index is 1930. The number of furan rings is 1. The molecular formula is C30H18Cl3N3O3. The molecule has 4 aromatic carbocycles. The van der Waals surface area contributed by atoms with Gasteiger partial charge in [-0.15, -0.1) is 0 Å². The molecule has 0 saturated carbocycles. The smallest absolute Gasteiger partial charge is 0.282 e. The normalized spacial score (nSPS) is 11.6. The van der Waals surface area contributed by atoms with Gasteiger partial charge in [-0.05, 0) is 83.9 Å². The first-order valence-corrected chi connectivity index (χ1v) is 13.0. The topological polar surface area (TPSA) is 69.6 Å². The molecule has 39 heavy (non-hydrogen) atoms. The second-order valence-corrected chi connectivity index (χ2v) is 9.96. The standard InChI is InChI=1S/C30H18Cl3N3O3/c31-21-8-12-27-20(14-21)15-28(39-27)29-35-26-4-2-1-3-23(26)30(37)36(29)34-16-18-5-9-22(10-6-18)38-17-19-7-11-24(32)25(33)13-19/h1-16H,17H2. The molecule has 0 saturated heterocycles. The summed E-state index contributed by atoms with van der Waals surface area (Å²) >= 11 is 18.2. The monoisotopic (exact) mass is 573 g/mol. The van der Waals surface area contributed by atoms with E-state index in [9.17, 15) is 4.79 Å². The molecule has 6 nitrogen and oxygen atoms in total. The number of benzene rings is 4. The van der Waals surface area contributed by atoms with E-state index in [0.717, 1.165) is 16.5 Å². The molecule has 6 aromatic rings. The summed E-state index contributed by atoms with van der Waals surface area (Å²) in [4.78, 5) is 18.1. The third kappa shape index (κ3) is 5.27. The van der Waals surface area contributed by atoms with Gasteiger partial charge in [-0.25, -0.2) is 4.98 Å². The van der Waals surface area contributed by atoms with Crippen LogP contribution in [0.5, 0.6) is 5.75 Å². The number of nitrogens with zero attached hydrogens (tertiary/aromatic N) is 3. The van der Waals surface area contributed by atoms with Crippen LogP contribution in [-0.4, -0.2) is 15.9 Å². The van der Waals surface area contributed by atoms with Crippen molar-refractivity contribution in [2.75, 3.05) is 0 Å². The third-order valence-corrected chi connectivity index (χ3v) is 7.02. The molecule has 0 atom stereocenters. The molecule has 0 aliphatic carbocycles.